The molecule has 84 valence electrons. The predicted molar refractivity (Wildman–Crippen MR) is 67.1 cm³/mol. The number of nitrogens with zero attached hydrogens (tertiary/aromatic N) is 1. The maximum Gasteiger partial charge on any atom is 0.0701 e. The second-order valence-electron chi connectivity index (χ2n) is 4.33. The number of rotatable bonds is 2. The zero-order valence-electron chi connectivity index (χ0n) is 8.82. The number of piperidine rings is 1. The number of thiophene rings is 1. The molecule has 0 bridgehead atoms. The molecule has 1 aliphatic heterocycles. The lowest BCUT2D eigenvalue weighted by molar-refractivity contribution is 0.0320. The average molecular weight is 290 g/mol. The van der Waals surface area contributed by atoms with E-state index in [-0.39, 0.29) is 6.10 Å². The van der Waals surface area contributed by atoms with Crippen molar-refractivity contribution in [2.75, 3.05) is 13.1 Å². The zero-order valence-corrected chi connectivity index (χ0v) is 11.2. The van der Waals surface area contributed by atoms with Crippen LogP contribution in [0.15, 0.2) is 15.2 Å². The third-order valence-electron chi connectivity index (χ3n) is 2.97. The molecule has 4 heteroatoms. The van der Waals surface area contributed by atoms with Crippen molar-refractivity contribution in [1.29, 1.82) is 0 Å². The summed E-state index contributed by atoms with van der Waals surface area (Å²) >= 11 is 5.21. The van der Waals surface area contributed by atoms with Crippen LogP contribution in [0, 0.1) is 5.92 Å². The number of likely N-dealkylation sites (tertiary alicyclic amines) is 1. The van der Waals surface area contributed by atoms with Crippen LogP contribution in [0.1, 0.15) is 18.9 Å². The summed E-state index contributed by atoms with van der Waals surface area (Å²) in [5, 5.41) is 11.8. The quantitative estimate of drug-likeness (QED) is 0.905. The molecule has 1 N–H and O–H groups in total. The largest absolute Gasteiger partial charge is 0.393 e. The van der Waals surface area contributed by atoms with E-state index >= 15 is 0 Å². The van der Waals surface area contributed by atoms with Crippen LogP contribution < -0.4 is 0 Å². The van der Waals surface area contributed by atoms with Gasteiger partial charge in [0, 0.05) is 19.6 Å². The lowest BCUT2D eigenvalue weighted by Crippen LogP contribution is -2.41. The van der Waals surface area contributed by atoms with Gasteiger partial charge in [-0.3, -0.25) is 4.90 Å². The van der Waals surface area contributed by atoms with Crippen LogP contribution in [0.3, 0.4) is 0 Å². The van der Waals surface area contributed by atoms with Crippen LogP contribution >= 0.6 is 27.3 Å². The Morgan fingerprint density at radius 2 is 2.47 bits per heavy atom. The Labute approximate surface area is 103 Å². The van der Waals surface area contributed by atoms with Crippen molar-refractivity contribution in [3.8, 4) is 0 Å². The highest BCUT2D eigenvalue weighted by Gasteiger charge is 2.23. The van der Waals surface area contributed by atoms with Gasteiger partial charge in [0.05, 0.1) is 9.89 Å². The van der Waals surface area contributed by atoms with E-state index in [1.807, 2.05) is 0 Å². The first-order valence-electron chi connectivity index (χ1n) is 5.28. The van der Waals surface area contributed by atoms with E-state index in [1.165, 1.54) is 9.35 Å². The molecule has 2 rings (SSSR count). The van der Waals surface area contributed by atoms with Crippen LogP contribution in [-0.4, -0.2) is 29.2 Å². The van der Waals surface area contributed by atoms with Gasteiger partial charge in [-0.05, 0) is 45.3 Å². The molecule has 2 unspecified atom stereocenters. The van der Waals surface area contributed by atoms with Gasteiger partial charge in [0.1, 0.15) is 0 Å². The van der Waals surface area contributed by atoms with Gasteiger partial charge in [0.2, 0.25) is 0 Å². The first-order valence-corrected chi connectivity index (χ1v) is 6.96. The van der Waals surface area contributed by atoms with E-state index in [2.05, 4.69) is 39.2 Å². The van der Waals surface area contributed by atoms with Crippen LogP contribution in [-0.2, 0) is 6.54 Å². The molecule has 2 heterocycles. The van der Waals surface area contributed by atoms with Crippen molar-refractivity contribution in [2.24, 2.45) is 5.92 Å². The summed E-state index contributed by atoms with van der Waals surface area (Å²) in [5.74, 6) is 0.404. The Morgan fingerprint density at radius 1 is 1.67 bits per heavy atom. The molecular formula is C11H16BrNOS. The minimum atomic E-state index is -0.101. The van der Waals surface area contributed by atoms with Crippen molar-refractivity contribution in [1.82, 2.24) is 4.90 Å². The molecule has 0 saturated carbocycles. The third-order valence-corrected chi connectivity index (χ3v) is 4.53. The summed E-state index contributed by atoms with van der Waals surface area (Å²) in [7, 11) is 0. The summed E-state index contributed by atoms with van der Waals surface area (Å²) in [6.07, 6.45) is 0.808. The minimum absolute atomic E-state index is 0.101. The molecule has 0 amide bonds. The molecule has 1 saturated heterocycles. The summed E-state index contributed by atoms with van der Waals surface area (Å²) in [6, 6.07) is 2.18. The Balaban J connectivity index is 1.90. The number of hydrogen-bond acceptors (Lipinski definition) is 3. The van der Waals surface area contributed by atoms with E-state index in [0.29, 0.717) is 5.92 Å². The summed E-state index contributed by atoms with van der Waals surface area (Å²) in [6.45, 7) is 5.16. The van der Waals surface area contributed by atoms with E-state index in [4.69, 9.17) is 0 Å². The van der Waals surface area contributed by atoms with E-state index < -0.39 is 0 Å². The Kier molecular flexibility index (Phi) is 3.83. The molecule has 1 aromatic heterocycles. The first-order chi connectivity index (χ1) is 7.15. The Bertz CT molecular complexity index is 328. The average Bonchev–Trinajstić information content (AvgIpc) is 2.58. The number of halogens is 1. The molecule has 0 aliphatic carbocycles. The fourth-order valence-electron chi connectivity index (χ4n) is 2.05. The number of aliphatic hydroxyl groups excluding tert-OH is 1. The minimum Gasteiger partial charge on any atom is -0.393 e. The van der Waals surface area contributed by atoms with Crippen LogP contribution in [0.2, 0.25) is 0 Å². The number of aliphatic hydroxyl groups is 1. The highest BCUT2D eigenvalue weighted by atomic mass is 79.9. The Hall–Kier alpha value is 0.1000. The number of hydrogen-bond donors (Lipinski definition) is 1. The summed E-state index contributed by atoms with van der Waals surface area (Å²) < 4.78 is 1.20. The topological polar surface area (TPSA) is 23.5 Å². The molecule has 0 aromatic carbocycles. The molecule has 2 atom stereocenters. The highest BCUT2D eigenvalue weighted by molar-refractivity contribution is 9.11. The second-order valence-corrected chi connectivity index (χ2v) is 6.62. The maximum absolute atomic E-state index is 9.63. The van der Waals surface area contributed by atoms with Gasteiger partial charge in [-0.15, -0.1) is 11.3 Å². The SMILES string of the molecule is CC1CN(Cc2csc(Br)c2)CCC1O. The third kappa shape index (κ3) is 3.03. The van der Waals surface area contributed by atoms with Gasteiger partial charge in [0.25, 0.3) is 0 Å². The van der Waals surface area contributed by atoms with Crippen molar-refractivity contribution in [3.63, 3.8) is 0 Å². The van der Waals surface area contributed by atoms with Crippen LogP contribution in [0.25, 0.3) is 0 Å². The van der Waals surface area contributed by atoms with Gasteiger partial charge in [0.15, 0.2) is 0 Å². The smallest absolute Gasteiger partial charge is 0.0701 e. The lowest BCUT2D eigenvalue weighted by atomic mass is 9.96. The Morgan fingerprint density at radius 3 is 3.07 bits per heavy atom. The molecule has 1 aromatic rings. The van der Waals surface area contributed by atoms with E-state index in [0.717, 1.165) is 26.1 Å². The maximum atomic E-state index is 9.63. The molecule has 0 radical (unpaired) electrons. The van der Waals surface area contributed by atoms with Crippen molar-refractivity contribution < 1.29 is 5.11 Å². The molecule has 2 nitrogen and oxygen atoms in total. The standard InChI is InChI=1S/C11H16BrNOS/c1-8-5-13(3-2-10(8)14)6-9-4-11(12)15-7-9/h4,7-8,10,14H,2-3,5-6H2,1H3. The van der Waals surface area contributed by atoms with E-state index in [9.17, 15) is 5.11 Å². The van der Waals surface area contributed by atoms with Crippen LogP contribution in [0.5, 0.6) is 0 Å². The van der Waals surface area contributed by atoms with Crippen molar-refractivity contribution in [2.45, 2.75) is 26.0 Å². The summed E-state index contributed by atoms with van der Waals surface area (Å²) in [4.78, 5) is 2.42. The summed E-state index contributed by atoms with van der Waals surface area (Å²) in [5.41, 5.74) is 1.37. The molecule has 15 heavy (non-hydrogen) atoms. The van der Waals surface area contributed by atoms with Gasteiger partial charge < -0.3 is 5.11 Å². The van der Waals surface area contributed by atoms with E-state index in [1.54, 1.807) is 11.3 Å². The molecular weight excluding hydrogens is 274 g/mol. The molecule has 1 aliphatic rings. The van der Waals surface area contributed by atoms with Gasteiger partial charge >= 0.3 is 0 Å². The predicted octanol–water partition coefficient (Wildman–Crippen LogP) is 2.71. The second kappa shape index (κ2) is 4.95. The monoisotopic (exact) mass is 289 g/mol. The van der Waals surface area contributed by atoms with Gasteiger partial charge in [-0.1, -0.05) is 6.92 Å². The highest BCUT2D eigenvalue weighted by Crippen LogP contribution is 2.24. The van der Waals surface area contributed by atoms with Crippen molar-refractivity contribution >= 4 is 27.3 Å². The fourth-order valence-corrected chi connectivity index (χ4v) is 3.25. The molecule has 0 spiro atoms. The van der Waals surface area contributed by atoms with Gasteiger partial charge in [-0.2, -0.15) is 0 Å². The van der Waals surface area contributed by atoms with Gasteiger partial charge in [-0.25, -0.2) is 0 Å². The van der Waals surface area contributed by atoms with Crippen LogP contribution in [0.4, 0.5) is 0 Å². The van der Waals surface area contributed by atoms with Crippen molar-refractivity contribution in [3.05, 3.63) is 20.8 Å². The fraction of sp³-hybridized carbons (Fsp3) is 0.636. The lowest BCUT2D eigenvalue weighted by Gasteiger charge is -2.34. The zero-order chi connectivity index (χ0) is 10.8. The first kappa shape index (κ1) is 11.6. The molecule has 1 fully saturated rings. The normalized spacial score (nSPS) is 28.2.